The molecular formula is C10H15N3O2. The molecule has 1 aromatic rings. The standard InChI is InChI=1S/C10H15N3O2/c1-7(3-4-11)9(14)8-10(15-2)13-6-5-12-8/h5-7H,3-4,11H2,1-2H3. The van der Waals surface area contributed by atoms with Gasteiger partial charge < -0.3 is 10.5 Å². The van der Waals surface area contributed by atoms with Gasteiger partial charge in [0.05, 0.1) is 7.11 Å². The highest BCUT2D eigenvalue weighted by Crippen LogP contribution is 2.16. The van der Waals surface area contributed by atoms with Gasteiger partial charge in [-0.1, -0.05) is 6.92 Å². The SMILES string of the molecule is COc1nccnc1C(=O)C(C)CCN. The first-order chi connectivity index (χ1) is 7.20. The third-order valence-electron chi connectivity index (χ3n) is 2.14. The molecule has 5 nitrogen and oxygen atoms in total. The van der Waals surface area contributed by atoms with Crippen LogP contribution in [0.1, 0.15) is 23.8 Å². The Bertz CT molecular complexity index is 341. The van der Waals surface area contributed by atoms with Crippen molar-refractivity contribution in [3.8, 4) is 5.88 Å². The molecular weight excluding hydrogens is 194 g/mol. The molecule has 1 heterocycles. The summed E-state index contributed by atoms with van der Waals surface area (Å²) in [5.74, 6) is 0.0392. The molecule has 1 aromatic heterocycles. The van der Waals surface area contributed by atoms with Crippen LogP contribution in [-0.2, 0) is 0 Å². The lowest BCUT2D eigenvalue weighted by Gasteiger charge is -2.09. The Kier molecular flexibility index (Phi) is 4.17. The predicted molar refractivity (Wildman–Crippen MR) is 55.7 cm³/mol. The van der Waals surface area contributed by atoms with Gasteiger partial charge in [-0.2, -0.15) is 0 Å². The molecule has 0 fully saturated rings. The number of aromatic nitrogens is 2. The summed E-state index contributed by atoms with van der Waals surface area (Å²) in [4.78, 5) is 19.8. The number of ketones is 1. The minimum absolute atomic E-state index is 0.0783. The summed E-state index contributed by atoms with van der Waals surface area (Å²) >= 11 is 0. The summed E-state index contributed by atoms with van der Waals surface area (Å²) < 4.78 is 4.97. The van der Waals surface area contributed by atoms with Crippen molar-refractivity contribution in [1.29, 1.82) is 0 Å². The number of hydrogen-bond acceptors (Lipinski definition) is 5. The highest BCUT2D eigenvalue weighted by atomic mass is 16.5. The molecule has 0 aliphatic rings. The van der Waals surface area contributed by atoms with E-state index in [9.17, 15) is 4.79 Å². The van der Waals surface area contributed by atoms with E-state index in [4.69, 9.17) is 10.5 Å². The van der Waals surface area contributed by atoms with E-state index in [1.165, 1.54) is 19.5 Å². The molecule has 0 amide bonds. The van der Waals surface area contributed by atoms with Gasteiger partial charge in [0.2, 0.25) is 5.88 Å². The summed E-state index contributed by atoms with van der Waals surface area (Å²) in [6, 6.07) is 0. The fourth-order valence-corrected chi connectivity index (χ4v) is 1.26. The second-order valence-corrected chi connectivity index (χ2v) is 3.26. The largest absolute Gasteiger partial charge is 0.479 e. The number of carbonyl (C=O) groups is 1. The second kappa shape index (κ2) is 5.41. The molecule has 0 saturated carbocycles. The van der Waals surface area contributed by atoms with Crippen LogP contribution in [-0.4, -0.2) is 29.4 Å². The van der Waals surface area contributed by atoms with E-state index in [0.717, 1.165) is 0 Å². The second-order valence-electron chi connectivity index (χ2n) is 3.26. The zero-order valence-electron chi connectivity index (χ0n) is 8.93. The van der Waals surface area contributed by atoms with Gasteiger partial charge in [-0.05, 0) is 13.0 Å². The fraction of sp³-hybridized carbons (Fsp3) is 0.500. The number of nitrogens with two attached hydrogens (primary N) is 1. The van der Waals surface area contributed by atoms with Crippen molar-refractivity contribution in [3.63, 3.8) is 0 Å². The molecule has 0 aromatic carbocycles. The van der Waals surface area contributed by atoms with E-state index in [0.29, 0.717) is 13.0 Å². The molecule has 0 saturated heterocycles. The first-order valence-electron chi connectivity index (χ1n) is 4.80. The monoisotopic (exact) mass is 209 g/mol. The van der Waals surface area contributed by atoms with Crippen molar-refractivity contribution in [3.05, 3.63) is 18.1 Å². The van der Waals surface area contributed by atoms with Crippen molar-refractivity contribution in [2.45, 2.75) is 13.3 Å². The van der Waals surface area contributed by atoms with Crippen LogP contribution in [0.3, 0.4) is 0 Å². The van der Waals surface area contributed by atoms with E-state index in [1.807, 2.05) is 6.92 Å². The summed E-state index contributed by atoms with van der Waals surface area (Å²) in [5.41, 5.74) is 5.68. The summed E-state index contributed by atoms with van der Waals surface area (Å²) in [6.45, 7) is 2.30. The maximum Gasteiger partial charge on any atom is 0.243 e. The van der Waals surface area contributed by atoms with Gasteiger partial charge in [0, 0.05) is 18.3 Å². The third kappa shape index (κ3) is 2.73. The first kappa shape index (κ1) is 11.6. The molecule has 1 rings (SSSR count). The van der Waals surface area contributed by atoms with E-state index >= 15 is 0 Å². The van der Waals surface area contributed by atoms with E-state index in [2.05, 4.69) is 9.97 Å². The maximum absolute atomic E-state index is 11.9. The highest BCUT2D eigenvalue weighted by molar-refractivity contribution is 5.97. The topological polar surface area (TPSA) is 78.1 Å². The van der Waals surface area contributed by atoms with E-state index in [-0.39, 0.29) is 23.3 Å². The van der Waals surface area contributed by atoms with Crippen LogP contribution in [0.2, 0.25) is 0 Å². The Labute approximate surface area is 88.7 Å². The Hall–Kier alpha value is -1.49. The normalized spacial score (nSPS) is 12.2. The zero-order chi connectivity index (χ0) is 11.3. The number of methoxy groups -OCH3 is 1. The van der Waals surface area contributed by atoms with E-state index < -0.39 is 0 Å². The highest BCUT2D eigenvalue weighted by Gasteiger charge is 2.20. The van der Waals surface area contributed by atoms with Crippen LogP contribution in [0.5, 0.6) is 5.88 Å². The molecule has 5 heteroatoms. The first-order valence-corrected chi connectivity index (χ1v) is 4.80. The number of rotatable bonds is 5. The number of ether oxygens (including phenoxy) is 1. The lowest BCUT2D eigenvalue weighted by atomic mass is 10.0. The molecule has 15 heavy (non-hydrogen) atoms. The average molecular weight is 209 g/mol. The van der Waals surface area contributed by atoms with Gasteiger partial charge in [-0.15, -0.1) is 0 Å². The molecule has 82 valence electrons. The van der Waals surface area contributed by atoms with Crippen LogP contribution in [0.25, 0.3) is 0 Å². The molecule has 0 aliphatic heterocycles. The van der Waals surface area contributed by atoms with Gasteiger partial charge in [-0.25, -0.2) is 9.97 Å². The molecule has 1 unspecified atom stereocenters. The fourth-order valence-electron chi connectivity index (χ4n) is 1.26. The molecule has 0 spiro atoms. The quantitative estimate of drug-likeness (QED) is 0.720. The van der Waals surface area contributed by atoms with Gasteiger partial charge in [0.1, 0.15) is 0 Å². The van der Waals surface area contributed by atoms with Crippen molar-refractivity contribution >= 4 is 5.78 Å². The van der Waals surface area contributed by atoms with Crippen molar-refractivity contribution in [2.24, 2.45) is 11.7 Å². The van der Waals surface area contributed by atoms with E-state index in [1.54, 1.807) is 0 Å². The average Bonchev–Trinajstić information content (AvgIpc) is 2.28. The molecule has 0 radical (unpaired) electrons. The van der Waals surface area contributed by atoms with Crippen molar-refractivity contribution < 1.29 is 9.53 Å². The van der Waals surface area contributed by atoms with Crippen molar-refractivity contribution in [1.82, 2.24) is 9.97 Å². The Balaban J connectivity index is 2.90. The molecule has 2 N–H and O–H groups in total. The molecule has 1 atom stereocenters. The van der Waals surface area contributed by atoms with Crippen LogP contribution in [0, 0.1) is 5.92 Å². The Morgan fingerprint density at radius 1 is 1.53 bits per heavy atom. The molecule has 0 bridgehead atoms. The number of nitrogens with zero attached hydrogens (tertiary/aromatic N) is 2. The summed E-state index contributed by atoms with van der Waals surface area (Å²) in [5, 5.41) is 0. The van der Waals surface area contributed by atoms with Crippen LogP contribution < -0.4 is 10.5 Å². The number of Topliss-reactive ketones (excluding diaryl/α,β-unsaturated/α-hetero) is 1. The smallest absolute Gasteiger partial charge is 0.243 e. The van der Waals surface area contributed by atoms with Crippen LogP contribution in [0.4, 0.5) is 0 Å². The summed E-state index contributed by atoms with van der Waals surface area (Å²) in [7, 11) is 1.47. The lowest BCUT2D eigenvalue weighted by molar-refractivity contribution is 0.0916. The van der Waals surface area contributed by atoms with Crippen LogP contribution in [0.15, 0.2) is 12.4 Å². The van der Waals surface area contributed by atoms with Gasteiger partial charge in [0.25, 0.3) is 0 Å². The predicted octanol–water partition coefficient (Wildman–Crippen LogP) is 0.653. The van der Waals surface area contributed by atoms with Crippen LogP contribution >= 0.6 is 0 Å². The zero-order valence-corrected chi connectivity index (χ0v) is 8.93. The number of hydrogen-bond donors (Lipinski definition) is 1. The van der Waals surface area contributed by atoms with Gasteiger partial charge >= 0.3 is 0 Å². The Morgan fingerprint density at radius 2 is 2.20 bits per heavy atom. The maximum atomic E-state index is 11.9. The number of carbonyl (C=O) groups excluding carboxylic acids is 1. The minimum atomic E-state index is -0.152. The molecule has 0 aliphatic carbocycles. The minimum Gasteiger partial charge on any atom is -0.479 e. The van der Waals surface area contributed by atoms with Gasteiger partial charge in [0.15, 0.2) is 11.5 Å². The lowest BCUT2D eigenvalue weighted by Crippen LogP contribution is -2.18. The third-order valence-corrected chi connectivity index (χ3v) is 2.14. The Morgan fingerprint density at radius 3 is 2.80 bits per heavy atom. The summed E-state index contributed by atoms with van der Waals surface area (Å²) in [6.07, 6.45) is 3.60. The van der Waals surface area contributed by atoms with Gasteiger partial charge in [-0.3, -0.25) is 4.79 Å². The van der Waals surface area contributed by atoms with Crippen molar-refractivity contribution in [2.75, 3.05) is 13.7 Å².